The number of esters is 2. The molecule has 1 aliphatic heterocycles. The molecule has 0 bridgehead atoms. The Labute approximate surface area is 147 Å². The average Bonchev–Trinajstić information content (AvgIpc) is 2.86. The van der Waals surface area contributed by atoms with Crippen LogP contribution in [0.1, 0.15) is 90.9 Å². The summed E-state index contributed by atoms with van der Waals surface area (Å²) in [5, 5.41) is 0. The Hall–Kier alpha value is -1.06. The van der Waals surface area contributed by atoms with E-state index in [-0.39, 0.29) is 24.0 Å². The summed E-state index contributed by atoms with van der Waals surface area (Å²) in [6.07, 6.45) is 14.7. The summed E-state index contributed by atoms with van der Waals surface area (Å²) >= 11 is 0. The van der Waals surface area contributed by atoms with Crippen LogP contribution in [0.15, 0.2) is 0 Å². The lowest BCUT2D eigenvalue weighted by Gasteiger charge is -2.16. The SMILES string of the molecule is CCCCCCCCCCCCC[C@@H]1OC(=O)[C@H](C)[C@@H]1C(=O)OC. The molecule has 24 heavy (non-hydrogen) atoms. The second-order valence-electron chi connectivity index (χ2n) is 7.14. The zero-order valence-electron chi connectivity index (χ0n) is 15.9. The van der Waals surface area contributed by atoms with Crippen molar-refractivity contribution in [2.24, 2.45) is 11.8 Å². The number of carbonyl (C=O) groups excluding carboxylic acids is 2. The molecule has 0 spiro atoms. The molecule has 1 fully saturated rings. The van der Waals surface area contributed by atoms with Gasteiger partial charge in [-0.05, 0) is 12.8 Å². The lowest BCUT2D eigenvalue weighted by atomic mass is 9.89. The molecule has 4 heteroatoms. The van der Waals surface area contributed by atoms with Crippen LogP contribution in [0.5, 0.6) is 0 Å². The third-order valence-electron chi connectivity index (χ3n) is 5.14. The standard InChI is InChI=1S/C20H36O4/c1-4-5-6-7-8-9-10-11-12-13-14-15-17-18(20(22)23-3)16(2)19(21)24-17/h16-18H,4-15H2,1-3H3/t16-,17+,18+/m1/s1. The molecular weight excluding hydrogens is 304 g/mol. The Morgan fingerprint density at radius 2 is 1.46 bits per heavy atom. The van der Waals surface area contributed by atoms with Gasteiger partial charge in [-0.25, -0.2) is 0 Å². The van der Waals surface area contributed by atoms with Gasteiger partial charge in [-0.3, -0.25) is 9.59 Å². The summed E-state index contributed by atoms with van der Waals surface area (Å²) in [4.78, 5) is 23.5. The van der Waals surface area contributed by atoms with Crippen LogP contribution < -0.4 is 0 Å². The van der Waals surface area contributed by atoms with Crippen molar-refractivity contribution in [1.29, 1.82) is 0 Å². The molecule has 1 heterocycles. The molecule has 0 aromatic carbocycles. The third-order valence-corrected chi connectivity index (χ3v) is 5.14. The topological polar surface area (TPSA) is 52.6 Å². The van der Waals surface area contributed by atoms with Gasteiger partial charge in [-0.2, -0.15) is 0 Å². The molecule has 0 aromatic rings. The van der Waals surface area contributed by atoms with Crippen LogP contribution in [0.25, 0.3) is 0 Å². The monoisotopic (exact) mass is 340 g/mol. The zero-order valence-corrected chi connectivity index (χ0v) is 15.9. The fraction of sp³-hybridized carbons (Fsp3) is 0.900. The van der Waals surface area contributed by atoms with E-state index in [4.69, 9.17) is 9.47 Å². The maximum Gasteiger partial charge on any atom is 0.313 e. The van der Waals surface area contributed by atoms with Crippen molar-refractivity contribution < 1.29 is 19.1 Å². The van der Waals surface area contributed by atoms with E-state index >= 15 is 0 Å². The van der Waals surface area contributed by atoms with E-state index in [2.05, 4.69) is 6.92 Å². The molecule has 1 saturated heterocycles. The minimum atomic E-state index is -0.425. The van der Waals surface area contributed by atoms with E-state index in [9.17, 15) is 9.59 Å². The predicted octanol–water partition coefficient (Wildman–Crippen LogP) is 5.04. The van der Waals surface area contributed by atoms with E-state index in [0.29, 0.717) is 0 Å². The Morgan fingerprint density at radius 1 is 0.958 bits per heavy atom. The van der Waals surface area contributed by atoms with Gasteiger partial charge in [0.05, 0.1) is 13.0 Å². The number of ether oxygens (including phenoxy) is 2. The van der Waals surface area contributed by atoms with Crippen LogP contribution in [0, 0.1) is 11.8 Å². The molecule has 0 radical (unpaired) electrons. The number of rotatable bonds is 13. The zero-order chi connectivity index (χ0) is 17.8. The van der Waals surface area contributed by atoms with Crippen molar-refractivity contribution in [3.63, 3.8) is 0 Å². The molecule has 4 nitrogen and oxygen atoms in total. The largest absolute Gasteiger partial charge is 0.469 e. The molecule has 0 N–H and O–H groups in total. The van der Waals surface area contributed by atoms with Crippen LogP contribution in [0.3, 0.4) is 0 Å². The van der Waals surface area contributed by atoms with Crippen molar-refractivity contribution in [3.05, 3.63) is 0 Å². The van der Waals surface area contributed by atoms with Gasteiger partial charge in [-0.15, -0.1) is 0 Å². The molecule has 0 unspecified atom stereocenters. The third kappa shape index (κ3) is 7.23. The first-order chi connectivity index (χ1) is 11.6. The van der Waals surface area contributed by atoms with Crippen molar-refractivity contribution in [1.82, 2.24) is 0 Å². The highest BCUT2D eigenvalue weighted by atomic mass is 16.6. The van der Waals surface area contributed by atoms with Crippen LogP contribution in [-0.2, 0) is 19.1 Å². The molecule has 1 aliphatic rings. The van der Waals surface area contributed by atoms with E-state index in [0.717, 1.165) is 19.3 Å². The Kier molecular flexibility index (Phi) is 10.8. The first-order valence-electron chi connectivity index (χ1n) is 9.90. The van der Waals surface area contributed by atoms with Crippen LogP contribution in [0.2, 0.25) is 0 Å². The van der Waals surface area contributed by atoms with Crippen molar-refractivity contribution in [2.45, 2.75) is 97.0 Å². The van der Waals surface area contributed by atoms with Crippen molar-refractivity contribution in [3.8, 4) is 0 Å². The molecule has 0 aromatic heterocycles. The minimum Gasteiger partial charge on any atom is -0.469 e. The van der Waals surface area contributed by atoms with Crippen LogP contribution >= 0.6 is 0 Å². The van der Waals surface area contributed by atoms with Gasteiger partial charge in [0, 0.05) is 0 Å². The smallest absolute Gasteiger partial charge is 0.313 e. The average molecular weight is 341 g/mol. The predicted molar refractivity (Wildman–Crippen MR) is 95.6 cm³/mol. The highest BCUT2D eigenvalue weighted by molar-refractivity contribution is 5.85. The summed E-state index contributed by atoms with van der Waals surface area (Å²) < 4.78 is 10.2. The highest BCUT2D eigenvalue weighted by Gasteiger charge is 2.46. The quantitative estimate of drug-likeness (QED) is 0.348. The summed E-state index contributed by atoms with van der Waals surface area (Å²) in [6.45, 7) is 4.00. The summed E-state index contributed by atoms with van der Waals surface area (Å²) in [5.74, 6) is -1.39. The molecule has 0 saturated carbocycles. The second-order valence-corrected chi connectivity index (χ2v) is 7.14. The molecule has 3 atom stereocenters. The Bertz CT molecular complexity index is 367. The second kappa shape index (κ2) is 12.3. The first-order valence-corrected chi connectivity index (χ1v) is 9.90. The van der Waals surface area contributed by atoms with E-state index in [1.807, 2.05) is 0 Å². The van der Waals surface area contributed by atoms with Crippen molar-refractivity contribution in [2.75, 3.05) is 7.11 Å². The lowest BCUT2D eigenvalue weighted by Crippen LogP contribution is -2.29. The maximum atomic E-state index is 11.8. The molecule has 0 aliphatic carbocycles. The van der Waals surface area contributed by atoms with E-state index in [1.54, 1.807) is 6.92 Å². The van der Waals surface area contributed by atoms with Crippen LogP contribution in [0.4, 0.5) is 0 Å². The van der Waals surface area contributed by atoms with Gasteiger partial charge < -0.3 is 9.47 Å². The maximum absolute atomic E-state index is 11.8. The highest BCUT2D eigenvalue weighted by Crippen LogP contribution is 2.32. The van der Waals surface area contributed by atoms with Gasteiger partial charge >= 0.3 is 11.9 Å². The van der Waals surface area contributed by atoms with Crippen LogP contribution in [-0.4, -0.2) is 25.2 Å². The summed E-state index contributed by atoms with van der Waals surface area (Å²) in [5.41, 5.74) is 0. The number of hydrogen-bond acceptors (Lipinski definition) is 4. The van der Waals surface area contributed by atoms with Gasteiger partial charge in [0.25, 0.3) is 0 Å². The van der Waals surface area contributed by atoms with Gasteiger partial charge in [0.15, 0.2) is 0 Å². The number of carbonyl (C=O) groups is 2. The van der Waals surface area contributed by atoms with Gasteiger partial charge in [0.1, 0.15) is 12.0 Å². The van der Waals surface area contributed by atoms with E-state index < -0.39 is 5.92 Å². The fourth-order valence-corrected chi connectivity index (χ4v) is 3.54. The van der Waals surface area contributed by atoms with Crippen molar-refractivity contribution >= 4 is 11.9 Å². The summed E-state index contributed by atoms with van der Waals surface area (Å²) in [6, 6.07) is 0. The van der Waals surface area contributed by atoms with Gasteiger partial charge in [0.2, 0.25) is 0 Å². The number of hydrogen-bond donors (Lipinski definition) is 0. The Balaban J connectivity index is 2.06. The fourth-order valence-electron chi connectivity index (χ4n) is 3.54. The molecule has 0 amide bonds. The van der Waals surface area contributed by atoms with E-state index in [1.165, 1.54) is 64.9 Å². The molecule has 1 rings (SSSR count). The normalized spacial score (nSPS) is 23.3. The lowest BCUT2D eigenvalue weighted by molar-refractivity contribution is -0.148. The molecule has 140 valence electrons. The first kappa shape index (κ1) is 21.0. The number of cyclic esters (lactones) is 1. The molecular formula is C20H36O4. The number of unbranched alkanes of at least 4 members (excludes halogenated alkanes) is 10. The van der Waals surface area contributed by atoms with Gasteiger partial charge in [-0.1, -0.05) is 78.1 Å². The minimum absolute atomic E-state index is 0.265. The number of methoxy groups -OCH3 is 1. The summed E-state index contributed by atoms with van der Waals surface area (Å²) in [7, 11) is 1.37. The Morgan fingerprint density at radius 3 is 1.96 bits per heavy atom.